The van der Waals surface area contributed by atoms with E-state index in [1.807, 2.05) is 42.5 Å². The van der Waals surface area contributed by atoms with Crippen LogP contribution in [0.1, 0.15) is 17.5 Å². The monoisotopic (exact) mass is 322 g/mol. The second kappa shape index (κ2) is 8.20. The molecule has 4 heteroatoms. The van der Waals surface area contributed by atoms with Crippen molar-refractivity contribution in [1.82, 2.24) is 10.6 Å². The lowest BCUT2D eigenvalue weighted by Crippen LogP contribution is -2.37. The van der Waals surface area contributed by atoms with Crippen molar-refractivity contribution in [3.63, 3.8) is 0 Å². The van der Waals surface area contributed by atoms with Crippen LogP contribution in [0.5, 0.6) is 0 Å². The fraction of sp³-hybridized carbons (Fsp3) is 0.250. The van der Waals surface area contributed by atoms with Crippen molar-refractivity contribution in [2.24, 2.45) is 0 Å². The maximum atomic E-state index is 11.8. The summed E-state index contributed by atoms with van der Waals surface area (Å²) in [6.07, 6.45) is 4.44. The number of benzene rings is 2. The number of hydrogen-bond acceptors (Lipinski definition) is 2. The molecule has 2 aromatic carbocycles. The highest BCUT2D eigenvalue weighted by Gasteiger charge is 2.05. The third-order valence-electron chi connectivity index (χ3n) is 4.01. The number of nitrogens with one attached hydrogen (secondary N) is 2. The van der Waals surface area contributed by atoms with Gasteiger partial charge in [0, 0.05) is 18.5 Å². The molecule has 1 aromatic heterocycles. The molecule has 0 fully saturated rings. The van der Waals surface area contributed by atoms with Crippen molar-refractivity contribution in [3.05, 3.63) is 72.0 Å². The van der Waals surface area contributed by atoms with Gasteiger partial charge in [0.15, 0.2) is 0 Å². The number of carbonyl (C=O) groups is 1. The van der Waals surface area contributed by atoms with E-state index in [-0.39, 0.29) is 6.03 Å². The summed E-state index contributed by atoms with van der Waals surface area (Å²) in [6.45, 7) is 1.27. The van der Waals surface area contributed by atoms with Crippen molar-refractivity contribution in [2.75, 3.05) is 13.1 Å². The van der Waals surface area contributed by atoms with Crippen LogP contribution in [-0.4, -0.2) is 19.1 Å². The van der Waals surface area contributed by atoms with Gasteiger partial charge in [-0.15, -0.1) is 0 Å². The molecule has 0 atom stereocenters. The van der Waals surface area contributed by atoms with Gasteiger partial charge < -0.3 is 15.1 Å². The second-order valence-electron chi connectivity index (χ2n) is 5.78. The average molecular weight is 322 g/mol. The molecule has 2 amide bonds. The van der Waals surface area contributed by atoms with Gasteiger partial charge in [0.25, 0.3) is 0 Å². The van der Waals surface area contributed by atoms with Gasteiger partial charge in [-0.05, 0) is 36.5 Å². The zero-order valence-electron chi connectivity index (χ0n) is 13.6. The predicted octanol–water partition coefficient (Wildman–Crippen LogP) is 3.91. The van der Waals surface area contributed by atoms with Gasteiger partial charge in [-0.1, -0.05) is 48.5 Å². The van der Waals surface area contributed by atoms with Crippen LogP contribution >= 0.6 is 0 Å². The van der Waals surface area contributed by atoms with Gasteiger partial charge in [-0.3, -0.25) is 0 Å². The van der Waals surface area contributed by atoms with Crippen LogP contribution in [0.3, 0.4) is 0 Å². The smallest absolute Gasteiger partial charge is 0.314 e. The van der Waals surface area contributed by atoms with Gasteiger partial charge in [0.2, 0.25) is 0 Å². The molecule has 3 aromatic rings. The van der Waals surface area contributed by atoms with E-state index in [4.69, 9.17) is 4.42 Å². The summed E-state index contributed by atoms with van der Waals surface area (Å²) in [4.78, 5) is 11.8. The van der Waals surface area contributed by atoms with Crippen molar-refractivity contribution in [2.45, 2.75) is 19.3 Å². The third kappa shape index (κ3) is 4.38. The molecule has 0 aliphatic carbocycles. The van der Waals surface area contributed by atoms with Crippen LogP contribution in [-0.2, 0) is 12.8 Å². The van der Waals surface area contributed by atoms with Crippen molar-refractivity contribution in [3.8, 4) is 0 Å². The predicted molar refractivity (Wildman–Crippen MR) is 96.1 cm³/mol. The van der Waals surface area contributed by atoms with Crippen LogP contribution in [0.2, 0.25) is 0 Å². The zero-order chi connectivity index (χ0) is 16.6. The maximum absolute atomic E-state index is 11.8. The summed E-state index contributed by atoms with van der Waals surface area (Å²) in [7, 11) is 0. The van der Waals surface area contributed by atoms with E-state index in [1.54, 1.807) is 6.26 Å². The molecule has 4 nitrogen and oxygen atoms in total. The number of amides is 2. The van der Waals surface area contributed by atoms with Crippen LogP contribution in [0.4, 0.5) is 4.79 Å². The maximum Gasteiger partial charge on any atom is 0.314 e. The molecule has 0 saturated carbocycles. The lowest BCUT2D eigenvalue weighted by molar-refractivity contribution is 0.241. The van der Waals surface area contributed by atoms with E-state index in [2.05, 4.69) is 22.8 Å². The van der Waals surface area contributed by atoms with Crippen LogP contribution < -0.4 is 10.6 Å². The molecule has 1 heterocycles. The molecule has 3 rings (SSSR count). The van der Waals surface area contributed by atoms with Crippen LogP contribution in [0.15, 0.2) is 65.3 Å². The summed E-state index contributed by atoms with van der Waals surface area (Å²) < 4.78 is 5.50. The number of hydrogen-bond donors (Lipinski definition) is 2. The Morgan fingerprint density at radius 1 is 0.875 bits per heavy atom. The fourth-order valence-electron chi connectivity index (χ4n) is 2.74. The topological polar surface area (TPSA) is 54.3 Å². The Hall–Kier alpha value is -2.75. The second-order valence-corrected chi connectivity index (χ2v) is 5.78. The van der Waals surface area contributed by atoms with E-state index in [9.17, 15) is 4.79 Å². The molecular weight excluding hydrogens is 300 g/mol. The highest BCUT2D eigenvalue weighted by molar-refractivity contribution is 5.81. The van der Waals surface area contributed by atoms with Crippen molar-refractivity contribution >= 4 is 17.0 Å². The number of urea groups is 1. The molecule has 0 saturated heterocycles. The SMILES string of the molecule is O=C(NCCCc1ccccc1)NCCc1coc2ccccc12. The molecule has 0 bridgehead atoms. The number of furan rings is 1. The van der Waals surface area contributed by atoms with E-state index in [1.165, 1.54) is 5.56 Å². The van der Waals surface area contributed by atoms with E-state index in [0.29, 0.717) is 13.1 Å². The number of para-hydroxylation sites is 1. The largest absolute Gasteiger partial charge is 0.464 e. The summed E-state index contributed by atoms with van der Waals surface area (Å²) >= 11 is 0. The minimum absolute atomic E-state index is 0.115. The Kier molecular flexibility index (Phi) is 5.51. The highest BCUT2D eigenvalue weighted by Crippen LogP contribution is 2.20. The number of fused-ring (bicyclic) bond motifs is 1. The summed E-state index contributed by atoms with van der Waals surface area (Å²) in [5, 5.41) is 6.90. The lowest BCUT2D eigenvalue weighted by atomic mass is 10.1. The van der Waals surface area contributed by atoms with Crippen LogP contribution in [0, 0.1) is 0 Å². The van der Waals surface area contributed by atoms with E-state index in [0.717, 1.165) is 35.8 Å². The average Bonchev–Trinajstić information content (AvgIpc) is 3.03. The standard InChI is InChI=1S/C20H22N2O2/c23-20(21-13-6-9-16-7-2-1-3-8-16)22-14-12-17-15-24-19-11-5-4-10-18(17)19/h1-5,7-8,10-11,15H,6,9,12-14H2,(H2,21,22,23). The van der Waals surface area contributed by atoms with Gasteiger partial charge >= 0.3 is 6.03 Å². The molecule has 124 valence electrons. The number of aryl methyl sites for hydroxylation is 1. The molecule has 2 N–H and O–H groups in total. The molecule has 24 heavy (non-hydrogen) atoms. The first-order valence-corrected chi connectivity index (χ1v) is 8.33. The van der Waals surface area contributed by atoms with E-state index < -0.39 is 0 Å². The summed E-state index contributed by atoms with van der Waals surface area (Å²) in [6, 6.07) is 18.1. The molecule has 0 aliphatic rings. The Bertz CT molecular complexity index is 780. The van der Waals surface area contributed by atoms with Crippen molar-refractivity contribution in [1.29, 1.82) is 0 Å². The first kappa shape index (κ1) is 16.1. The minimum Gasteiger partial charge on any atom is -0.464 e. The quantitative estimate of drug-likeness (QED) is 0.648. The van der Waals surface area contributed by atoms with Crippen LogP contribution in [0.25, 0.3) is 11.0 Å². The lowest BCUT2D eigenvalue weighted by Gasteiger charge is -2.07. The molecule has 0 aliphatic heterocycles. The van der Waals surface area contributed by atoms with Gasteiger partial charge in [0.05, 0.1) is 6.26 Å². The van der Waals surface area contributed by atoms with Gasteiger partial charge in [-0.25, -0.2) is 4.79 Å². The Morgan fingerprint density at radius 2 is 1.62 bits per heavy atom. The first-order valence-electron chi connectivity index (χ1n) is 8.33. The molecule has 0 radical (unpaired) electrons. The number of rotatable bonds is 7. The first-order chi connectivity index (χ1) is 11.8. The number of carbonyl (C=O) groups excluding carboxylic acids is 1. The van der Waals surface area contributed by atoms with Gasteiger partial charge in [0.1, 0.15) is 5.58 Å². The van der Waals surface area contributed by atoms with E-state index >= 15 is 0 Å². The van der Waals surface area contributed by atoms with Crippen molar-refractivity contribution < 1.29 is 9.21 Å². The molecular formula is C20H22N2O2. The normalized spacial score (nSPS) is 10.7. The zero-order valence-corrected chi connectivity index (χ0v) is 13.6. The van der Waals surface area contributed by atoms with Gasteiger partial charge in [-0.2, -0.15) is 0 Å². The molecule has 0 unspecified atom stereocenters. The summed E-state index contributed by atoms with van der Waals surface area (Å²) in [5.74, 6) is 0. The highest BCUT2D eigenvalue weighted by atomic mass is 16.3. The minimum atomic E-state index is -0.115. The Morgan fingerprint density at radius 3 is 2.50 bits per heavy atom. The molecule has 0 spiro atoms. The Balaban J connectivity index is 1.34. The fourth-order valence-corrected chi connectivity index (χ4v) is 2.74. The Labute approximate surface area is 141 Å². The third-order valence-corrected chi connectivity index (χ3v) is 4.01. The summed E-state index contributed by atoms with van der Waals surface area (Å²) in [5.41, 5.74) is 3.30.